The average Bonchev–Trinajstić information content (AvgIpc) is 3.24. The summed E-state index contributed by atoms with van der Waals surface area (Å²) < 4.78 is 63.1. The third kappa shape index (κ3) is 4.90. The average molecular weight is 649 g/mol. The fourth-order valence-electron chi connectivity index (χ4n) is 3.16. The van der Waals surface area contributed by atoms with Crippen LogP contribution >= 0.6 is 55.4 Å². The van der Waals surface area contributed by atoms with Gasteiger partial charge in [-0.3, -0.25) is 10.1 Å². The van der Waals surface area contributed by atoms with Crippen molar-refractivity contribution in [3.8, 4) is 16.3 Å². The predicted octanol–water partition coefficient (Wildman–Crippen LogP) is 7.18. The van der Waals surface area contributed by atoms with E-state index in [1.807, 2.05) is 29.6 Å². The molecule has 13 heteroatoms. The van der Waals surface area contributed by atoms with Gasteiger partial charge >= 0.3 is 0 Å². The molecule has 0 fully saturated rings. The third-order valence-electron chi connectivity index (χ3n) is 4.70. The molecule has 180 valence electrons. The molecule has 4 aromatic rings. The number of carbonyl (C=O) groups excluding carboxylic acids is 1. The van der Waals surface area contributed by atoms with E-state index in [2.05, 4.69) is 46.9 Å². The fraction of sp³-hybridized carbons (Fsp3) is 0.0455. The fourth-order valence-corrected chi connectivity index (χ4v) is 5.66. The summed E-state index contributed by atoms with van der Waals surface area (Å²) in [6, 6.07) is 11.0. The van der Waals surface area contributed by atoms with Crippen LogP contribution in [0.3, 0.4) is 0 Å². The van der Waals surface area contributed by atoms with Gasteiger partial charge in [-0.25, -0.2) is 13.8 Å². The number of nitrogens with zero attached hydrogens (tertiary/aromatic N) is 1. The van der Waals surface area contributed by atoms with Crippen molar-refractivity contribution < 1.29 is 27.1 Å². The monoisotopic (exact) mass is 647 g/mol. The second kappa shape index (κ2) is 10.2. The highest BCUT2D eigenvalue weighted by molar-refractivity contribution is 9.11. The number of aromatic nitrogens is 1. The van der Waals surface area contributed by atoms with Gasteiger partial charge in [-0.1, -0.05) is 28.1 Å². The molecular formula is C22H11Br2F4N3O2S2. The number of thiazole rings is 1. The molecule has 0 aliphatic rings. The molecule has 0 spiro atoms. The molecule has 0 saturated heterocycles. The lowest BCUT2D eigenvalue weighted by Crippen LogP contribution is -2.36. The highest BCUT2D eigenvalue weighted by Crippen LogP contribution is 2.40. The first-order valence-corrected chi connectivity index (χ1v) is 12.3. The lowest BCUT2D eigenvalue weighted by molar-refractivity contribution is 0.0966. The minimum atomic E-state index is -1.92. The minimum absolute atomic E-state index is 0.379. The molecule has 3 aromatic carbocycles. The highest BCUT2D eigenvalue weighted by Gasteiger charge is 2.30. The summed E-state index contributed by atoms with van der Waals surface area (Å²) in [6.07, 6.45) is 0. The molecule has 0 saturated carbocycles. The molecule has 0 radical (unpaired) electrons. The quantitative estimate of drug-likeness (QED) is 0.139. The number of hydrogen-bond acceptors (Lipinski definition) is 5. The van der Waals surface area contributed by atoms with E-state index < -0.39 is 40.5 Å². The number of para-hydroxylation sites is 1. The van der Waals surface area contributed by atoms with Gasteiger partial charge in [0, 0.05) is 14.5 Å². The van der Waals surface area contributed by atoms with Crippen molar-refractivity contribution >= 4 is 82.3 Å². The lowest BCUT2D eigenvalue weighted by Gasteiger charge is -2.16. The number of ether oxygens (including phenoxy) is 1. The summed E-state index contributed by atoms with van der Waals surface area (Å²) in [6.45, 7) is 0. The van der Waals surface area contributed by atoms with E-state index in [1.54, 1.807) is 12.1 Å². The number of hydrogen-bond donors (Lipinski definition) is 2. The van der Waals surface area contributed by atoms with Crippen molar-refractivity contribution in [3.63, 3.8) is 0 Å². The van der Waals surface area contributed by atoms with E-state index in [1.165, 1.54) is 11.3 Å². The first-order valence-electron chi connectivity index (χ1n) is 9.49. The summed E-state index contributed by atoms with van der Waals surface area (Å²) in [4.78, 5) is 17.1. The Bertz CT molecular complexity index is 1450. The second-order valence-electron chi connectivity index (χ2n) is 6.87. The number of fused-ring (bicyclic) bond motifs is 1. The Morgan fingerprint density at radius 1 is 1.06 bits per heavy atom. The van der Waals surface area contributed by atoms with Crippen LogP contribution in [-0.4, -0.2) is 23.1 Å². The highest BCUT2D eigenvalue weighted by atomic mass is 79.9. The number of benzene rings is 3. The Balaban J connectivity index is 1.66. The van der Waals surface area contributed by atoms with Crippen molar-refractivity contribution in [1.82, 2.24) is 10.3 Å². The summed E-state index contributed by atoms with van der Waals surface area (Å²) in [5.74, 6) is -10.3. The van der Waals surface area contributed by atoms with Gasteiger partial charge in [0.05, 0.1) is 23.0 Å². The van der Waals surface area contributed by atoms with Gasteiger partial charge < -0.3 is 10.1 Å². The molecule has 35 heavy (non-hydrogen) atoms. The largest absolute Gasteiger partial charge is 0.491 e. The Morgan fingerprint density at radius 2 is 1.71 bits per heavy atom. The molecule has 0 aliphatic carbocycles. The van der Waals surface area contributed by atoms with Crippen LogP contribution < -0.4 is 15.4 Å². The first kappa shape index (κ1) is 25.5. The maximum absolute atomic E-state index is 14.3. The van der Waals surface area contributed by atoms with Gasteiger partial charge in [-0.2, -0.15) is 8.78 Å². The van der Waals surface area contributed by atoms with Crippen LogP contribution in [0.15, 0.2) is 45.3 Å². The van der Waals surface area contributed by atoms with Crippen LogP contribution in [-0.2, 0) is 0 Å². The molecule has 0 atom stereocenters. The van der Waals surface area contributed by atoms with Gasteiger partial charge in [0.15, 0.2) is 22.5 Å². The van der Waals surface area contributed by atoms with Crippen molar-refractivity contribution in [2.45, 2.75) is 0 Å². The summed E-state index contributed by atoms with van der Waals surface area (Å²) in [5.41, 5.74) is 0.291. The Labute approximate surface area is 221 Å². The van der Waals surface area contributed by atoms with E-state index in [0.29, 0.717) is 25.2 Å². The van der Waals surface area contributed by atoms with Crippen LogP contribution in [0.5, 0.6) is 5.75 Å². The van der Waals surface area contributed by atoms with E-state index in [9.17, 15) is 22.4 Å². The third-order valence-corrected chi connectivity index (χ3v) is 7.06. The zero-order valence-electron chi connectivity index (χ0n) is 17.3. The molecule has 0 aliphatic heterocycles. The van der Waals surface area contributed by atoms with E-state index >= 15 is 0 Å². The van der Waals surface area contributed by atoms with Gasteiger partial charge in [0.1, 0.15) is 10.6 Å². The number of anilines is 1. The van der Waals surface area contributed by atoms with Crippen molar-refractivity contribution in [2.24, 2.45) is 0 Å². The van der Waals surface area contributed by atoms with Crippen LogP contribution in [0.25, 0.3) is 20.8 Å². The normalized spacial score (nSPS) is 10.9. The number of carbonyl (C=O) groups is 1. The molecule has 2 N–H and O–H groups in total. The number of halogens is 6. The van der Waals surface area contributed by atoms with Crippen molar-refractivity contribution in [1.29, 1.82) is 0 Å². The van der Waals surface area contributed by atoms with E-state index in [4.69, 9.17) is 12.2 Å². The van der Waals surface area contributed by atoms with Crippen LogP contribution in [0.1, 0.15) is 10.4 Å². The molecular weight excluding hydrogens is 638 g/mol. The molecule has 4 rings (SSSR count). The van der Waals surface area contributed by atoms with Crippen LogP contribution in [0.2, 0.25) is 0 Å². The van der Waals surface area contributed by atoms with Crippen LogP contribution in [0.4, 0.5) is 23.2 Å². The Kier molecular flexibility index (Phi) is 7.40. The van der Waals surface area contributed by atoms with Crippen molar-refractivity contribution in [2.75, 3.05) is 12.4 Å². The topological polar surface area (TPSA) is 63.2 Å². The minimum Gasteiger partial charge on any atom is -0.491 e. The van der Waals surface area contributed by atoms with Crippen molar-refractivity contribution in [3.05, 3.63) is 74.2 Å². The number of nitrogens with one attached hydrogen (secondary N) is 2. The molecule has 0 bridgehead atoms. The maximum atomic E-state index is 14.3. The molecule has 1 amide bonds. The van der Waals surface area contributed by atoms with Gasteiger partial charge in [0.25, 0.3) is 5.91 Å². The van der Waals surface area contributed by atoms with E-state index in [0.717, 1.165) is 17.3 Å². The molecule has 1 heterocycles. The number of methoxy groups -OCH3 is 1. The zero-order valence-corrected chi connectivity index (χ0v) is 22.1. The zero-order chi connectivity index (χ0) is 25.4. The standard InChI is InChI=1S/C22H11Br2F4N3O2S2/c1-33-19-16(27)14(25)13(15(26)17(19)28)20(32)31-22(34)30-18-9(6-8(23)7-10(18)24)21-29-11-4-2-3-5-12(11)35-21/h2-7H,1H3,(H2,30,31,32,34). The SMILES string of the molecule is COc1c(F)c(F)c(C(=O)NC(=S)Nc2c(Br)cc(Br)cc2-c2nc3ccccc3s2)c(F)c1F. The number of thiocarbonyl (C=S) groups is 1. The van der Waals surface area contributed by atoms with Gasteiger partial charge in [-0.05, 0) is 52.4 Å². The number of amides is 1. The molecule has 1 aromatic heterocycles. The summed E-state index contributed by atoms with van der Waals surface area (Å²) >= 11 is 13.4. The summed E-state index contributed by atoms with van der Waals surface area (Å²) in [7, 11) is 0.832. The summed E-state index contributed by atoms with van der Waals surface area (Å²) in [5, 5.41) is 5.07. The molecule has 0 unspecified atom stereocenters. The first-order chi connectivity index (χ1) is 16.6. The van der Waals surface area contributed by atoms with Gasteiger partial charge in [-0.15, -0.1) is 11.3 Å². The Hall–Kier alpha value is -2.61. The lowest BCUT2D eigenvalue weighted by atomic mass is 10.1. The smallest absolute Gasteiger partial charge is 0.263 e. The Morgan fingerprint density at radius 3 is 2.34 bits per heavy atom. The van der Waals surface area contributed by atoms with Crippen LogP contribution in [0, 0.1) is 23.3 Å². The predicted molar refractivity (Wildman–Crippen MR) is 137 cm³/mol. The number of rotatable bonds is 4. The second-order valence-corrected chi connectivity index (χ2v) is 10.1. The maximum Gasteiger partial charge on any atom is 0.263 e. The van der Waals surface area contributed by atoms with Gasteiger partial charge in [0.2, 0.25) is 11.6 Å². The molecule has 5 nitrogen and oxygen atoms in total. The van der Waals surface area contributed by atoms with E-state index in [-0.39, 0.29) is 5.11 Å².